The van der Waals surface area contributed by atoms with Gasteiger partial charge in [0.25, 0.3) is 0 Å². The highest BCUT2D eigenvalue weighted by molar-refractivity contribution is 8.00. The molecule has 3 heteroatoms. The highest BCUT2D eigenvalue weighted by atomic mass is 32.2. The Morgan fingerprint density at radius 3 is 2.92 bits per heavy atom. The fourth-order valence-electron chi connectivity index (χ4n) is 0.918. The zero-order valence-corrected chi connectivity index (χ0v) is 9.58. The van der Waals surface area contributed by atoms with Gasteiger partial charge >= 0.3 is 0 Å². The molecule has 0 spiro atoms. The number of thiophene rings is 1. The molecule has 72 valence electrons. The molecule has 1 rings (SSSR count). The summed E-state index contributed by atoms with van der Waals surface area (Å²) < 4.78 is 0. The summed E-state index contributed by atoms with van der Waals surface area (Å²) in [5.41, 5.74) is 0. The van der Waals surface area contributed by atoms with Gasteiger partial charge in [0.1, 0.15) is 5.78 Å². The van der Waals surface area contributed by atoms with Crippen molar-refractivity contribution in [1.29, 1.82) is 0 Å². The molecule has 1 aromatic rings. The molecule has 0 aromatic carbocycles. The fraction of sp³-hybridized carbons (Fsp3) is 0.500. The largest absolute Gasteiger partial charge is 0.298 e. The minimum absolute atomic E-state index is 0.334. The van der Waals surface area contributed by atoms with Crippen LogP contribution in [0.25, 0.3) is 0 Å². The summed E-state index contributed by atoms with van der Waals surface area (Å²) in [5, 5.41) is 2.56. The van der Waals surface area contributed by atoms with Gasteiger partial charge in [-0.3, -0.25) is 4.79 Å². The van der Waals surface area contributed by atoms with Crippen LogP contribution in [0.4, 0.5) is 0 Å². The van der Waals surface area contributed by atoms with E-state index >= 15 is 0 Å². The van der Waals surface area contributed by atoms with Crippen LogP contribution in [0.3, 0.4) is 0 Å². The van der Waals surface area contributed by atoms with Gasteiger partial charge in [0, 0.05) is 11.3 Å². The zero-order chi connectivity index (χ0) is 9.68. The van der Waals surface area contributed by atoms with Crippen molar-refractivity contribution in [2.24, 2.45) is 0 Å². The number of Topliss-reactive ketones (excluding diaryl/α,β-unsaturated/α-hetero) is 1. The van der Waals surface area contributed by atoms with Crippen molar-refractivity contribution in [3.05, 3.63) is 22.4 Å². The molecule has 0 saturated carbocycles. The number of hydrogen-bond acceptors (Lipinski definition) is 3. The Labute approximate surface area is 87.5 Å². The van der Waals surface area contributed by atoms with Crippen LogP contribution < -0.4 is 0 Å². The van der Waals surface area contributed by atoms with E-state index in [1.807, 2.05) is 17.5 Å². The third kappa shape index (κ3) is 4.48. The number of carbonyl (C=O) groups is 1. The monoisotopic (exact) mass is 214 g/mol. The normalized spacial score (nSPS) is 10.7. The lowest BCUT2D eigenvalue weighted by molar-refractivity contribution is -0.115. The van der Waals surface area contributed by atoms with Crippen LogP contribution in [0.5, 0.6) is 0 Å². The van der Waals surface area contributed by atoms with E-state index in [2.05, 4.69) is 13.8 Å². The zero-order valence-electron chi connectivity index (χ0n) is 7.95. The maximum absolute atomic E-state index is 11.4. The molecule has 0 aliphatic carbocycles. The smallest absolute Gasteiger partial charge is 0.147 e. The van der Waals surface area contributed by atoms with Crippen LogP contribution in [-0.2, 0) is 11.2 Å². The lowest BCUT2D eigenvalue weighted by Gasteiger charge is -2.02. The third-order valence-electron chi connectivity index (χ3n) is 1.53. The number of rotatable bonds is 5. The van der Waals surface area contributed by atoms with Crippen molar-refractivity contribution in [2.75, 3.05) is 5.75 Å². The second-order valence-corrected chi connectivity index (χ2v) is 5.75. The van der Waals surface area contributed by atoms with E-state index < -0.39 is 0 Å². The number of thioether (sulfide) groups is 1. The Hall–Kier alpha value is -0.280. The van der Waals surface area contributed by atoms with Crippen LogP contribution in [-0.4, -0.2) is 16.8 Å². The van der Waals surface area contributed by atoms with Gasteiger partial charge in [-0.05, 0) is 16.7 Å². The van der Waals surface area contributed by atoms with Crippen molar-refractivity contribution in [1.82, 2.24) is 0 Å². The second-order valence-electron chi connectivity index (χ2n) is 3.15. The van der Waals surface area contributed by atoms with Gasteiger partial charge in [0.05, 0.1) is 5.75 Å². The average Bonchev–Trinajstić information content (AvgIpc) is 2.53. The maximum atomic E-state index is 11.4. The predicted molar refractivity (Wildman–Crippen MR) is 60.6 cm³/mol. The molecule has 0 unspecified atom stereocenters. The Morgan fingerprint density at radius 2 is 2.38 bits per heavy atom. The molecule has 0 amide bonds. The van der Waals surface area contributed by atoms with Crippen LogP contribution in [0, 0.1) is 0 Å². The average molecular weight is 214 g/mol. The first-order valence-electron chi connectivity index (χ1n) is 4.34. The summed E-state index contributed by atoms with van der Waals surface area (Å²) in [5.74, 6) is 0.983. The molecule has 13 heavy (non-hydrogen) atoms. The van der Waals surface area contributed by atoms with Gasteiger partial charge in [-0.15, -0.1) is 11.3 Å². The maximum Gasteiger partial charge on any atom is 0.147 e. The topological polar surface area (TPSA) is 17.1 Å². The quantitative estimate of drug-likeness (QED) is 0.749. The first kappa shape index (κ1) is 10.8. The standard InChI is InChI=1S/C10H14OS2/c1-8(2)13-7-9(11)6-10-4-3-5-12-10/h3-5,8H,6-7H2,1-2H3. The highest BCUT2D eigenvalue weighted by Gasteiger charge is 2.05. The minimum atomic E-state index is 0.334. The molecule has 0 radical (unpaired) electrons. The van der Waals surface area contributed by atoms with Crippen molar-refractivity contribution >= 4 is 28.9 Å². The van der Waals surface area contributed by atoms with E-state index in [1.165, 1.54) is 4.88 Å². The minimum Gasteiger partial charge on any atom is -0.298 e. The molecule has 1 aromatic heterocycles. The van der Waals surface area contributed by atoms with Crippen molar-refractivity contribution in [3.63, 3.8) is 0 Å². The lowest BCUT2D eigenvalue weighted by Crippen LogP contribution is -2.06. The molecule has 0 fully saturated rings. The van der Waals surface area contributed by atoms with Crippen LogP contribution in [0.1, 0.15) is 18.7 Å². The molecule has 0 bridgehead atoms. The van der Waals surface area contributed by atoms with E-state index in [0.717, 1.165) is 0 Å². The van der Waals surface area contributed by atoms with Crippen LogP contribution in [0.15, 0.2) is 17.5 Å². The second kappa shape index (κ2) is 5.45. The number of hydrogen-bond donors (Lipinski definition) is 0. The molecular weight excluding hydrogens is 200 g/mol. The Bertz CT molecular complexity index is 252. The molecular formula is C10H14OS2. The van der Waals surface area contributed by atoms with E-state index in [1.54, 1.807) is 23.1 Å². The van der Waals surface area contributed by atoms with Crippen molar-refractivity contribution in [2.45, 2.75) is 25.5 Å². The van der Waals surface area contributed by atoms with Gasteiger partial charge < -0.3 is 0 Å². The number of ketones is 1. The molecule has 1 heterocycles. The van der Waals surface area contributed by atoms with Crippen LogP contribution >= 0.6 is 23.1 Å². The van der Waals surface area contributed by atoms with Crippen LogP contribution in [0.2, 0.25) is 0 Å². The van der Waals surface area contributed by atoms with Gasteiger partial charge in [-0.25, -0.2) is 0 Å². The first-order chi connectivity index (χ1) is 6.18. The summed E-state index contributed by atoms with van der Waals surface area (Å²) in [6, 6.07) is 4.01. The van der Waals surface area contributed by atoms with Gasteiger partial charge in [-0.1, -0.05) is 19.9 Å². The summed E-state index contributed by atoms with van der Waals surface area (Å²) in [6.07, 6.45) is 0.609. The summed E-state index contributed by atoms with van der Waals surface area (Å²) in [4.78, 5) is 12.6. The predicted octanol–water partition coefficient (Wildman–Crippen LogP) is 3.00. The van der Waals surface area contributed by atoms with Gasteiger partial charge in [0.2, 0.25) is 0 Å². The third-order valence-corrected chi connectivity index (χ3v) is 3.56. The molecule has 0 N–H and O–H groups in total. The summed E-state index contributed by atoms with van der Waals surface area (Å²) in [6.45, 7) is 4.23. The summed E-state index contributed by atoms with van der Waals surface area (Å²) >= 11 is 3.37. The van der Waals surface area contributed by atoms with E-state index in [0.29, 0.717) is 23.2 Å². The Morgan fingerprint density at radius 1 is 1.62 bits per heavy atom. The molecule has 0 atom stereocenters. The van der Waals surface area contributed by atoms with Crippen molar-refractivity contribution < 1.29 is 4.79 Å². The van der Waals surface area contributed by atoms with Gasteiger partial charge in [-0.2, -0.15) is 11.8 Å². The first-order valence-corrected chi connectivity index (χ1v) is 6.27. The van der Waals surface area contributed by atoms with Gasteiger partial charge in [0.15, 0.2) is 0 Å². The van der Waals surface area contributed by atoms with E-state index in [9.17, 15) is 4.79 Å². The molecule has 0 saturated heterocycles. The fourth-order valence-corrected chi connectivity index (χ4v) is 2.27. The van der Waals surface area contributed by atoms with E-state index in [4.69, 9.17) is 0 Å². The van der Waals surface area contributed by atoms with Crippen molar-refractivity contribution in [3.8, 4) is 0 Å². The SMILES string of the molecule is CC(C)SCC(=O)Cc1cccs1. The number of carbonyl (C=O) groups excluding carboxylic acids is 1. The molecule has 0 aliphatic rings. The van der Waals surface area contributed by atoms with E-state index in [-0.39, 0.29) is 0 Å². The molecule has 1 nitrogen and oxygen atoms in total. The summed E-state index contributed by atoms with van der Waals surface area (Å²) in [7, 11) is 0. The lowest BCUT2D eigenvalue weighted by atomic mass is 10.3. The Balaban J connectivity index is 2.26. The highest BCUT2D eigenvalue weighted by Crippen LogP contribution is 2.13. The molecule has 0 aliphatic heterocycles. The Kier molecular flexibility index (Phi) is 4.53.